The van der Waals surface area contributed by atoms with Crippen molar-refractivity contribution in [2.24, 2.45) is 5.41 Å². The van der Waals surface area contributed by atoms with Gasteiger partial charge >= 0.3 is 20.4 Å². The van der Waals surface area contributed by atoms with Gasteiger partial charge in [0.05, 0.1) is 5.69 Å². The van der Waals surface area contributed by atoms with Gasteiger partial charge in [0.15, 0.2) is 0 Å². The molecule has 0 aliphatic carbocycles. The van der Waals surface area contributed by atoms with E-state index in [2.05, 4.69) is 169 Å². The molecule has 5 nitrogen and oxygen atoms in total. The second kappa shape index (κ2) is 16.9. The molecule has 6 heteroatoms. The van der Waals surface area contributed by atoms with Crippen LogP contribution < -0.4 is 4.74 Å². The zero-order valence-corrected chi connectivity index (χ0v) is 36.3. The van der Waals surface area contributed by atoms with E-state index >= 15 is 0 Å². The molecule has 56 heavy (non-hydrogen) atoms. The van der Waals surface area contributed by atoms with Crippen molar-refractivity contribution < 1.29 is 25.2 Å². The van der Waals surface area contributed by atoms with Gasteiger partial charge < -0.3 is 9.30 Å². The van der Waals surface area contributed by atoms with E-state index < -0.39 is 0 Å². The molecule has 0 N–H and O–H groups in total. The van der Waals surface area contributed by atoms with Gasteiger partial charge in [0.2, 0.25) is 0 Å². The maximum absolute atomic E-state index is 6.76. The van der Waals surface area contributed by atoms with Crippen LogP contribution in [0.5, 0.6) is 11.5 Å². The Morgan fingerprint density at radius 2 is 1.46 bits per heavy atom. The van der Waals surface area contributed by atoms with E-state index in [0.29, 0.717) is 17.4 Å². The van der Waals surface area contributed by atoms with Crippen LogP contribution in [0.2, 0.25) is 0 Å². The number of hydrogen-bond acceptors (Lipinski definition) is 3. The summed E-state index contributed by atoms with van der Waals surface area (Å²) in [6, 6.07) is 37.8. The minimum absolute atomic E-state index is 0. The molecular formula is C50H56N4OPd. The molecule has 7 rings (SSSR count). The van der Waals surface area contributed by atoms with Crippen molar-refractivity contribution >= 4 is 21.8 Å². The van der Waals surface area contributed by atoms with Gasteiger partial charge in [-0.1, -0.05) is 124 Å². The van der Waals surface area contributed by atoms with Crippen molar-refractivity contribution in [3.63, 3.8) is 0 Å². The van der Waals surface area contributed by atoms with Gasteiger partial charge in [-0.05, 0) is 88.4 Å². The summed E-state index contributed by atoms with van der Waals surface area (Å²) in [7, 11) is 0. The van der Waals surface area contributed by atoms with Crippen LogP contribution in [0, 0.1) is 17.5 Å². The zero-order chi connectivity index (χ0) is 39.0. The molecule has 0 fully saturated rings. The number of ether oxygens (including phenoxy) is 1. The first kappa shape index (κ1) is 41.1. The Morgan fingerprint density at radius 3 is 2.14 bits per heavy atom. The van der Waals surface area contributed by atoms with Crippen LogP contribution in [0.3, 0.4) is 0 Å². The number of pyridine rings is 1. The number of benzene rings is 4. The normalized spacial score (nSPS) is 12.0. The first-order chi connectivity index (χ1) is 26.3. The number of para-hydroxylation sites is 1. The number of nitrogens with zero attached hydrogens (tertiary/aromatic N) is 4. The molecule has 0 aliphatic heterocycles. The Kier molecular flexibility index (Phi) is 12.4. The molecule has 7 aromatic rings. The van der Waals surface area contributed by atoms with Crippen molar-refractivity contribution in [3.05, 3.63) is 131 Å². The molecule has 0 saturated carbocycles. The molecule has 0 bridgehead atoms. The topological polar surface area (TPSA) is 44.9 Å². The largest absolute Gasteiger partial charge is 2.00 e. The van der Waals surface area contributed by atoms with E-state index in [1.54, 1.807) is 0 Å². The molecule has 0 spiro atoms. The van der Waals surface area contributed by atoms with E-state index in [1.807, 2.05) is 12.3 Å². The average Bonchev–Trinajstić information content (AvgIpc) is 3.70. The molecular weight excluding hydrogens is 779 g/mol. The van der Waals surface area contributed by atoms with E-state index in [1.165, 1.54) is 33.5 Å². The van der Waals surface area contributed by atoms with Crippen LogP contribution in [0.25, 0.3) is 44.4 Å². The van der Waals surface area contributed by atoms with Gasteiger partial charge in [-0.3, -0.25) is 4.68 Å². The van der Waals surface area contributed by atoms with Crippen LogP contribution >= 0.6 is 0 Å². The maximum Gasteiger partial charge on any atom is 2.00 e. The number of aromatic nitrogens is 4. The van der Waals surface area contributed by atoms with E-state index in [-0.39, 0.29) is 37.7 Å². The summed E-state index contributed by atoms with van der Waals surface area (Å²) in [5.41, 5.74) is 11.7. The first-order valence-corrected chi connectivity index (χ1v) is 20.2. The van der Waals surface area contributed by atoms with Crippen molar-refractivity contribution in [2.75, 3.05) is 0 Å². The van der Waals surface area contributed by atoms with Crippen LogP contribution in [-0.4, -0.2) is 19.3 Å². The monoisotopic (exact) mass is 834 g/mol. The van der Waals surface area contributed by atoms with Crippen molar-refractivity contribution in [1.82, 2.24) is 19.3 Å². The summed E-state index contributed by atoms with van der Waals surface area (Å²) in [4.78, 5) is 4.83. The third-order valence-corrected chi connectivity index (χ3v) is 10.6. The van der Waals surface area contributed by atoms with Crippen LogP contribution in [0.15, 0.2) is 91.1 Å². The molecule has 0 amide bonds. The number of hydrogen-bond donors (Lipinski definition) is 0. The van der Waals surface area contributed by atoms with Crippen LogP contribution in [0.1, 0.15) is 128 Å². The number of fused-ring (bicyclic) bond motifs is 3. The molecule has 4 aromatic carbocycles. The van der Waals surface area contributed by atoms with Gasteiger partial charge in [-0.2, -0.15) is 11.2 Å². The fraction of sp³-hybridized carbons (Fsp3) is 0.360. The summed E-state index contributed by atoms with van der Waals surface area (Å²) in [5, 5.41) is 7.67. The molecule has 0 saturated heterocycles. The Morgan fingerprint density at radius 1 is 0.732 bits per heavy atom. The van der Waals surface area contributed by atoms with E-state index in [9.17, 15) is 0 Å². The summed E-state index contributed by atoms with van der Waals surface area (Å²) in [6.07, 6.45) is 6.05. The molecule has 292 valence electrons. The van der Waals surface area contributed by atoms with Gasteiger partial charge in [0.25, 0.3) is 0 Å². The third kappa shape index (κ3) is 8.58. The quantitative estimate of drug-likeness (QED) is 0.0910. The summed E-state index contributed by atoms with van der Waals surface area (Å²) >= 11 is 0. The van der Waals surface area contributed by atoms with Crippen LogP contribution in [-0.2, 0) is 33.3 Å². The number of aryl methyl sites for hydroxylation is 1. The minimum Gasteiger partial charge on any atom is -0.509 e. The Labute approximate surface area is 348 Å². The Balaban J connectivity index is 0.00000532. The Hall–Kier alpha value is -4.50. The van der Waals surface area contributed by atoms with Gasteiger partial charge in [-0.25, -0.2) is 4.98 Å². The molecule has 3 aromatic heterocycles. The Bertz CT molecular complexity index is 2440. The molecule has 3 heterocycles. The fourth-order valence-corrected chi connectivity index (χ4v) is 7.50. The van der Waals surface area contributed by atoms with Crippen molar-refractivity contribution in [2.45, 2.75) is 113 Å². The molecule has 0 unspecified atom stereocenters. The molecule has 0 atom stereocenters. The minimum atomic E-state index is 0. The number of rotatable bonds is 12. The van der Waals surface area contributed by atoms with Crippen molar-refractivity contribution in [3.8, 4) is 34.1 Å². The second-order valence-electron chi connectivity index (χ2n) is 17.2. The second-order valence-corrected chi connectivity index (χ2v) is 17.2. The zero-order valence-electron chi connectivity index (χ0n) is 34.7. The SMILES string of the molecule is CCCc1ccc(-c2c(C(C)C)nn(-c3[c-]c(Oc4[c-]c5c(cc4)c4ccccc4n5-c4cc(C(C)C)ccn4)cc(C(C)C)c3)c2CCC(C)(C)C)cc1.[Pd+2]. The van der Waals surface area contributed by atoms with E-state index in [4.69, 9.17) is 14.8 Å². The smallest absolute Gasteiger partial charge is 0.509 e. The fourth-order valence-electron chi connectivity index (χ4n) is 7.50. The predicted octanol–water partition coefficient (Wildman–Crippen LogP) is 13.7. The summed E-state index contributed by atoms with van der Waals surface area (Å²) in [5.74, 6) is 3.05. The van der Waals surface area contributed by atoms with Crippen LogP contribution in [0.4, 0.5) is 0 Å². The average molecular weight is 835 g/mol. The predicted molar refractivity (Wildman–Crippen MR) is 229 cm³/mol. The molecule has 0 radical (unpaired) electrons. The molecule has 0 aliphatic rings. The van der Waals surface area contributed by atoms with Gasteiger partial charge in [0, 0.05) is 34.5 Å². The maximum atomic E-state index is 6.76. The van der Waals surface area contributed by atoms with Crippen molar-refractivity contribution in [1.29, 1.82) is 0 Å². The van der Waals surface area contributed by atoms with E-state index in [0.717, 1.165) is 64.7 Å². The summed E-state index contributed by atoms with van der Waals surface area (Å²) in [6.45, 7) is 22.6. The first-order valence-electron chi connectivity index (χ1n) is 20.2. The van der Waals surface area contributed by atoms with Gasteiger partial charge in [0.1, 0.15) is 5.82 Å². The standard InChI is InChI=1S/C50H56N4O.Pd/c1-11-14-35-17-19-36(20-18-35)48-45(23-25-50(8,9)10)54(52-49(48)34(6)7)39-27-38(33(4)5)28-41(30-39)55-40-21-22-43-42-15-12-13-16-44(42)53(46(43)31-40)47-29-37(32(2)3)24-26-51-47;/h12-13,15-22,24,26-29,32-34H,11,14,23,25H2,1-10H3;/q-2;+2. The van der Waals surface area contributed by atoms with Gasteiger partial charge in [-0.15, -0.1) is 41.3 Å². The summed E-state index contributed by atoms with van der Waals surface area (Å²) < 4.78 is 11.1. The third-order valence-electron chi connectivity index (χ3n) is 10.6.